The van der Waals surface area contributed by atoms with Gasteiger partial charge in [0.2, 0.25) is 10.0 Å². The summed E-state index contributed by atoms with van der Waals surface area (Å²) in [5, 5.41) is 6.40. The highest BCUT2D eigenvalue weighted by Gasteiger charge is 2.52. The van der Waals surface area contributed by atoms with Crippen molar-refractivity contribution in [3.05, 3.63) is 24.2 Å². The Morgan fingerprint density at radius 2 is 2.29 bits per heavy atom. The Kier molecular flexibility index (Phi) is 3.65. The molecule has 1 N–H and O–H groups in total. The van der Waals surface area contributed by atoms with Crippen LogP contribution in [0.3, 0.4) is 0 Å². The molecule has 2 fully saturated rings. The van der Waals surface area contributed by atoms with Gasteiger partial charge in [-0.1, -0.05) is 5.16 Å². The lowest BCUT2D eigenvalue weighted by Crippen LogP contribution is -2.39. The number of amides is 1. The molecule has 1 aromatic heterocycles. The SMILES string of the molecule is O=C(NCc1ccco1)C1=NOC2(CCN(S(=O)(=O)C3CC3)C2)C1. The third kappa shape index (κ3) is 2.82. The van der Waals surface area contributed by atoms with Crippen molar-refractivity contribution in [3.8, 4) is 0 Å². The summed E-state index contributed by atoms with van der Waals surface area (Å²) in [5.74, 6) is 0.340. The predicted octanol–water partition coefficient (Wildman–Crippen LogP) is 0.609. The molecule has 1 spiro atoms. The number of nitrogens with zero attached hydrogens (tertiary/aromatic N) is 2. The van der Waals surface area contributed by atoms with Gasteiger partial charge in [-0.05, 0) is 25.0 Å². The van der Waals surface area contributed by atoms with Crippen LogP contribution in [0.4, 0.5) is 0 Å². The summed E-state index contributed by atoms with van der Waals surface area (Å²) in [6.45, 7) is 0.972. The van der Waals surface area contributed by atoms with E-state index in [1.807, 2.05) is 0 Å². The first-order chi connectivity index (χ1) is 11.5. The third-order valence-electron chi connectivity index (χ3n) is 4.69. The highest BCUT2D eigenvalue weighted by molar-refractivity contribution is 7.90. The summed E-state index contributed by atoms with van der Waals surface area (Å²) in [4.78, 5) is 17.7. The average molecular weight is 353 g/mol. The molecule has 4 rings (SSSR count). The number of hydrogen-bond acceptors (Lipinski definition) is 6. The van der Waals surface area contributed by atoms with E-state index in [9.17, 15) is 13.2 Å². The molecule has 1 aromatic rings. The van der Waals surface area contributed by atoms with Crippen molar-refractivity contribution in [1.29, 1.82) is 0 Å². The predicted molar refractivity (Wildman–Crippen MR) is 84.6 cm³/mol. The lowest BCUT2D eigenvalue weighted by atomic mass is 9.96. The zero-order valence-corrected chi connectivity index (χ0v) is 13.9. The lowest BCUT2D eigenvalue weighted by molar-refractivity contribution is -0.115. The normalized spacial score (nSPS) is 27.2. The Morgan fingerprint density at radius 1 is 1.46 bits per heavy atom. The largest absolute Gasteiger partial charge is 0.467 e. The molecule has 1 atom stereocenters. The minimum Gasteiger partial charge on any atom is -0.467 e. The monoisotopic (exact) mass is 353 g/mol. The molecule has 1 unspecified atom stereocenters. The smallest absolute Gasteiger partial charge is 0.269 e. The van der Waals surface area contributed by atoms with Crippen LogP contribution in [0, 0.1) is 0 Å². The number of nitrogens with one attached hydrogen (secondary N) is 1. The fourth-order valence-corrected chi connectivity index (χ4v) is 5.06. The van der Waals surface area contributed by atoms with Crippen LogP contribution in [-0.4, -0.2) is 48.3 Å². The second-order valence-corrected chi connectivity index (χ2v) is 8.79. The van der Waals surface area contributed by atoms with Crippen molar-refractivity contribution in [2.24, 2.45) is 5.16 Å². The number of rotatable bonds is 5. The first kappa shape index (κ1) is 15.6. The molecule has 0 bridgehead atoms. The van der Waals surface area contributed by atoms with Gasteiger partial charge >= 0.3 is 0 Å². The van der Waals surface area contributed by atoms with E-state index in [1.54, 1.807) is 18.4 Å². The third-order valence-corrected chi connectivity index (χ3v) is 7.04. The molecule has 9 heteroatoms. The number of sulfonamides is 1. The lowest BCUT2D eigenvalue weighted by Gasteiger charge is -2.21. The fourth-order valence-electron chi connectivity index (χ4n) is 3.15. The topological polar surface area (TPSA) is 101 Å². The quantitative estimate of drug-likeness (QED) is 0.836. The molecular weight excluding hydrogens is 334 g/mol. The van der Waals surface area contributed by atoms with Crippen LogP contribution in [0.15, 0.2) is 28.0 Å². The van der Waals surface area contributed by atoms with E-state index in [0.717, 1.165) is 12.8 Å². The Morgan fingerprint density at radius 3 is 3.00 bits per heavy atom. The van der Waals surface area contributed by atoms with Crippen molar-refractivity contribution in [3.63, 3.8) is 0 Å². The van der Waals surface area contributed by atoms with Gasteiger partial charge < -0.3 is 14.6 Å². The van der Waals surface area contributed by atoms with Crippen LogP contribution < -0.4 is 5.32 Å². The van der Waals surface area contributed by atoms with E-state index in [4.69, 9.17) is 9.25 Å². The molecule has 1 aliphatic carbocycles. The highest BCUT2D eigenvalue weighted by atomic mass is 32.2. The van der Waals surface area contributed by atoms with Crippen LogP contribution in [0.1, 0.15) is 31.4 Å². The van der Waals surface area contributed by atoms with Gasteiger partial charge in [-0.2, -0.15) is 4.31 Å². The van der Waals surface area contributed by atoms with E-state index in [2.05, 4.69) is 10.5 Å². The maximum Gasteiger partial charge on any atom is 0.269 e. The molecule has 3 heterocycles. The zero-order valence-electron chi connectivity index (χ0n) is 13.1. The van der Waals surface area contributed by atoms with Crippen LogP contribution in [-0.2, 0) is 26.2 Å². The second kappa shape index (κ2) is 5.59. The summed E-state index contributed by atoms with van der Waals surface area (Å²) in [6.07, 6.45) is 3.90. The molecule has 1 saturated carbocycles. The van der Waals surface area contributed by atoms with Crippen molar-refractivity contribution in [2.75, 3.05) is 13.1 Å². The number of furan rings is 1. The Hall–Kier alpha value is -1.87. The molecule has 0 radical (unpaired) electrons. The maximum atomic E-state index is 12.3. The Bertz CT molecular complexity index is 769. The molecule has 2 aliphatic heterocycles. The van der Waals surface area contributed by atoms with Crippen molar-refractivity contribution in [1.82, 2.24) is 9.62 Å². The zero-order chi connectivity index (χ0) is 16.8. The summed E-state index contributed by atoms with van der Waals surface area (Å²) in [7, 11) is -3.22. The highest BCUT2D eigenvalue weighted by Crippen LogP contribution is 2.39. The summed E-state index contributed by atoms with van der Waals surface area (Å²) in [5.41, 5.74) is -0.397. The Labute approximate surface area is 139 Å². The molecule has 3 aliphatic rings. The van der Waals surface area contributed by atoms with E-state index >= 15 is 0 Å². The second-order valence-electron chi connectivity index (χ2n) is 6.58. The number of oxime groups is 1. The van der Waals surface area contributed by atoms with Crippen LogP contribution in [0.5, 0.6) is 0 Å². The van der Waals surface area contributed by atoms with Gasteiger partial charge in [-0.15, -0.1) is 0 Å². The van der Waals surface area contributed by atoms with Gasteiger partial charge in [0.1, 0.15) is 11.5 Å². The molecular formula is C15H19N3O5S. The summed E-state index contributed by atoms with van der Waals surface area (Å²) in [6, 6.07) is 3.52. The number of carbonyl (C=O) groups excluding carboxylic acids is 1. The standard InChI is InChI=1S/C15H19N3O5S/c19-14(16-9-11-2-1-7-22-11)13-8-15(23-17-13)5-6-18(10-15)24(20,21)12-3-4-12/h1-2,7,12H,3-6,8-10H2,(H,16,19). The maximum absolute atomic E-state index is 12.3. The first-order valence-corrected chi connectivity index (χ1v) is 9.53. The minimum atomic E-state index is -3.22. The van der Waals surface area contributed by atoms with Gasteiger partial charge in [0, 0.05) is 19.4 Å². The molecule has 130 valence electrons. The van der Waals surface area contributed by atoms with Crippen LogP contribution in [0.25, 0.3) is 0 Å². The van der Waals surface area contributed by atoms with Gasteiger partial charge in [-0.3, -0.25) is 4.79 Å². The number of hydrogen-bond donors (Lipinski definition) is 1. The van der Waals surface area contributed by atoms with E-state index in [0.29, 0.717) is 30.9 Å². The molecule has 8 nitrogen and oxygen atoms in total. The summed E-state index contributed by atoms with van der Waals surface area (Å²) >= 11 is 0. The van der Waals surface area contributed by atoms with E-state index in [1.165, 1.54) is 4.31 Å². The van der Waals surface area contributed by atoms with Gasteiger partial charge in [0.05, 0.1) is 24.6 Å². The van der Waals surface area contributed by atoms with E-state index in [-0.39, 0.29) is 24.2 Å². The van der Waals surface area contributed by atoms with Gasteiger partial charge in [0.15, 0.2) is 5.60 Å². The van der Waals surface area contributed by atoms with Crippen molar-refractivity contribution < 1.29 is 22.5 Å². The number of carbonyl (C=O) groups is 1. The Balaban J connectivity index is 1.34. The molecule has 1 saturated heterocycles. The van der Waals surface area contributed by atoms with Crippen molar-refractivity contribution in [2.45, 2.75) is 43.1 Å². The van der Waals surface area contributed by atoms with Crippen LogP contribution in [0.2, 0.25) is 0 Å². The minimum absolute atomic E-state index is 0.231. The van der Waals surface area contributed by atoms with Crippen molar-refractivity contribution >= 4 is 21.6 Å². The fraction of sp³-hybridized carbons (Fsp3) is 0.600. The molecule has 0 aromatic carbocycles. The first-order valence-electron chi connectivity index (χ1n) is 8.03. The average Bonchev–Trinajstić information content (AvgIpc) is 3.01. The molecule has 24 heavy (non-hydrogen) atoms. The molecule has 1 amide bonds. The summed E-state index contributed by atoms with van der Waals surface area (Å²) < 4.78 is 31.3. The van der Waals surface area contributed by atoms with Gasteiger partial charge in [0.25, 0.3) is 5.91 Å². The van der Waals surface area contributed by atoms with Crippen LogP contribution >= 0.6 is 0 Å². The van der Waals surface area contributed by atoms with E-state index < -0.39 is 15.6 Å². The van der Waals surface area contributed by atoms with Gasteiger partial charge in [-0.25, -0.2) is 8.42 Å².